The fraction of sp³-hybridized carbons (Fsp3) is 0.167. The molecule has 0 saturated heterocycles. The second-order valence-electron chi connectivity index (χ2n) is 4.22. The van der Waals surface area contributed by atoms with Gasteiger partial charge in [-0.1, -0.05) is 17.7 Å². The van der Waals surface area contributed by atoms with Crippen LogP contribution >= 0.6 is 24.0 Å². The molecule has 5 nitrogen and oxygen atoms in total. The van der Waals surface area contributed by atoms with Crippen molar-refractivity contribution in [2.45, 2.75) is 0 Å². The van der Waals surface area contributed by atoms with Crippen molar-refractivity contribution in [3.8, 4) is 11.1 Å². The Hall–Kier alpha value is -1.72. The molecule has 0 fully saturated rings. The Labute approximate surface area is 121 Å². The third-order valence-corrected chi connectivity index (χ3v) is 3.33. The number of rotatable bonds is 1. The lowest BCUT2D eigenvalue weighted by atomic mass is 10.1. The van der Waals surface area contributed by atoms with Gasteiger partial charge in [0, 0.05) is 31.4 Å². The molecule has 0 aliphatic heterocycles. The number of nitrogen functional groups attached to an aromatic ring is 1. The van der Waals surface area contributed by atoms with E-state index in [0.717, 1.165) is 22.2 Å². The summed E-state index contributed by atoms with van der Waals surface area (Å²) >= 11 is 6.20. The maximum atomic E-state index is 6.20. The van der Waals surface area contributed by atoms with Gasteiger partial charge in [-0.2, -0.15) is 5.10 Å². The molecule has 3 rings (SSSR count). The normalized spacial score (nSPS) is 10.7. The Morgan fingerprint density at radius 2 is 2.00 bits per heavy atom. The van der Waals surface area contributed by atoms with Gasteiger partial charge >= 0.3 is 0 Å². The molecule has 7 heteroatoms. The van der Waals surface area contributed by atoms with Crippen molar-refractivity contribution in [3.05, 3.63) is 29.5 Å². The fourth-order valence-corrected chi connectivity index (χ4v) is 2.36. The highest BCUT2D eigenvalue weighted by molar-refractivity contribution is 6.35. The van der Waals surface area contributed by atoms with Crippen LogP contribution in [0.15, 0.2) is 24.5 Å². The molecule has 100 valence electrons. The number of benzene rings is 1. The quantitative estimate of drug-likeness (QED) is 0.751. The topological polar surface area (TPSA) is 61.7 Å². The zero-order chi connectivity index (χ0) is 12.9. The van der Waals surface area contributed by atoms with Crippen molar-refractivity contribution < 1.29 is 0 Å². The first-order valence-corrected chi connectivity index (χ1v) is 5.85. The number of imidazole rings is 1. The zero-order valence-electron chi connectivity index (χ0n) is 10.5. The first-order chi connectivity index (χ1) is 8.58. The van der Waals surface area contributed by atoms with Crippen LogP contribution in [0.2, 0.25) is 5.02 Å². The summed E-state index contributed by atoms with van der Waals surface area (Å²) < 4.78 is 3.54. The van der Waals surface area contributed by atoms with Crippen molar-refractivity contribution in [1.82, 2.24) is 19.3 Å². The summed E-state index contributed by atoms with van der Waals surface area (Å²) in [6.45, 7) is 0. The molecular formula is C12H13Cl2N5. The summed E-state index contributed by atoms with van der Waals surface area (Å²) in [6, 6.07) is 3.79. The van der Waals surface area contributed by atoms with E-state index in [1.54, 1.807) is 15.4 Å². The van der Waals surface area contributed by atoms with Gasteiger partial charge in [-0.05, 0) is 6.07 Å². The van der Waals surface area contributed by atoms with E-state index < -0.39 is 0 Å². The standard InChI is InChI=1S/C12H12ClN5.ClH/c1-17-6-7(5-15-17)8-3-4-9(13)11-10(8)16-12(14)18(11)2;/h3-6H,1-2H3,(H2,14,16);1H. The summed E-state index contributed by atoms with van der Waals surface area (Å²) in [5.74, 6) is 0.447. The van der Waals surface area contributed by atoms with Gasteiger partial charge in [-0.3, -0.25) is 4.68 Å². The molecule has 0 unspecified atom stereocenters. The van der Waals surface area contributed by atoms with E-state index in [1.807, 2.05) is 32.4 Å². The SMILES string of the molecule is Cl.Cn1cc(-c2ccc(Cl)c3c2nc(N)n3C)cn1. The number of nitrogens with two attached hydrogens (primary N) is 1. The molecule has 0 bridgehead atoms. The highest BCUT2D eigenvalue weighted by atomic mass is 35.5. The molecule has 2 aromatic heterocycles. The van der Waals surface area contributed by atoms with Crippen LogP contribution in [0.4, 0.5) is 5.95 Å². The van der Waals surface area contributed by atoms with Crippen molar-refractivity contribution in [1.29, 1.82) is 0 Å². The van der Waals surface area contributed by atoms with E-state index in [2.05, 4.69) is 10.1 Å². The molecule has 0 saturated carbocycles. The van der Waals surface area contributed by atoms with Gasteiger partial charge in [0.15, 0.2) is 0 Å². The van der Waals surface area contributed by atoms with Crippen molar-refractivity contribution in [3.63, 3.8) is 0 Å². The highest BCUT2D eigenvalue weighted by Crippen LogP contribution is 2.33. The number of nitrogens with zero attached hydrogens (tertiary/aromatic N) is 4. The Morgan fingerprint density at radius 3 is 2.63 bits per heavy atom. The van der Waals surface area contributed by atoms with Gasteiger partial charge in [0.1, 0.15) is 5.52 Å². The Morgan fingerprint density at radius 1 is 1.26 bits per heavy atom. The van der Waals surface area contributed by atoms with Gasteiger partial charge in [0.2, 0.25) is 5.95 Å². The van der Waals surface area contributed by atoms with Gasteiger partial charge in [-0.15, -0.1) is 12.4 Å². The number of halogens is 2. The predicted octanol–water partition coefficient (Wildman–Crippen LogP) is 2.63. The third kappa shape index (κ3) is 2.05. The van der Waals surface area contributed by atoms with Gasteiger partial charge in [0.25, 0.3) is 0 Å². The predicted molar refractivity (Wildman–Crippen MR) is 79.6 cm³/mol. The summed E-state index contributed by atoms with van der Waals surface area (Å²) in [6.07, 6.45) is 3.74. The molecule has 2 N–H and O–H groups in total. The van der Waals surface area contributed by atoms with Gasteiger partial charge in [-0.25, -0.2) is 4.98 Å². The minimum absolute atomic E-state index is 0. The Kier molecular flexibility index (Phi) is 3.43. The molecule has 0 aliphatic rings. The van der Waals surface area contributed by atoms with Gasteiger partial charge < -0.3 is 10.3 Å². The smallest absolute Gasteiger partial charge is 0.200 e. The largest absolute Gasteiger partial charge is 0.369 e. The van der Waals surface area contributed by atoms with Crippen LogP contribution in [0.1, 0.15) is 0 Å². The molecule has 0 spiro atoms. The molecule has 3 aromatic rings. The van der Waals surface area contributed by atoms with Gasteiger partial charge in [0.05, 0.1) is 16.7 Å². The summed E-state index contributed by atoms with van der Waals surface area (Å²) in [7, 11) is 3.73. The lowest BCUT2D eigenvalue weighted by Gasteiger charge is -2.02. The van der Waals surface area contributed by atoms with Crippen LogP contribution in [-0.4, -0.2) is 19.3 Å². The molecular weight excluding hydrogens is 285 g/mol. The average Bonchev–Trinajstić information content (AvgIpc) is 2.86. The fourth-order valence-electron chi connectivity index (χ4n) is 2.08. The van der Waals surface area contributed by atoms with Crippen LogP contribution in [0.5, 0.6) is 0 Å². The van der Waals surface area contributed by atoms with E-state index >= 15 is 0 Å². The lowest BCUT2D eigenvalue weighted by Crippen LogP contribution is -1.96. The second-order valence-corrected chi connectivity index (χ2v) is 4.63. The molecule has 0 atom stereocenters. The minimum Gasteiger partial charge on any atom is -0.369 e. The number of aryl methyl sites for hydroxylation is 2. The van der Waals surface area contributed by atoms with Crippen LogP contribution < -0.4 is 5.73 Å². The van der Waals surface area contributed by atoms with Crippen LogP contribution in [0, 0.1) is 0 Å². The molecule has 1 aromatic carbocycles. The maximum Gasteiger partial charge on any atom is 0.200 e. The minimum atomic E-state index is 0. The maximum absolute atomic E-state index is 6.20. The number of hydrogen-bond donors (Lipinski definition) is 1. The van der Waals surface area contributed by atoms with Crippen molar-refractivity contribution in [2.24, 2.45) is 14.1 Å². The number of anilines is 1. The van der Waals surface area contributed by atoms with E-state index in [0.29, 0.717) is 11.0 Å². The Bertz CT molecular complexity index is 744. The third-order valence-electron chi connectivity index (χ3n) is 3.02. The highest BCUT2D eigenvalue weighted by Gasteiger charge is 2.14. The number of fused-ring (bicyclic) bond motifs is 1. The zero-order valence-corrected chi connectivity index (χ0v) is 12.0. The van der Waals surface area contributed by atoms with Crippen LogP contribution in [0.25, 0.3) is 22.2 Å². The monoisotopic (exact) mass is 297 g/mol. The first-order valence-electron chi connectivity index (χ1n) is 5.47. The molecule has 0 amide bonds. The van der Waals surface area contributed by atoms with E-state index in [4.69, 9.17) is 17.3 Å². The molecule has 0 aliphatic carbocycles. The van der Waals surface area contributed by atoms with E-state index in [1.165, 1.54) is 0 Å². The molecule has 2 heterocycles. The molecule has 0 radical (unpaired) electrons. The second kappa shape index (κ2) is 4.75. The number of hydrogen-bond acceptors (Lipinski definition) is 3. The lowest BCUT2D eigenvalue weighted by molar-refractivity contribution is 0.768. The van der Waals surface area contributed by atoms with E-state index in [9.17, 15) is 0 Å². The van der Waals surface area contributed by atoms with Crippen molar-refractivity contribution in [2.75, 3.05) is 5.73 Å². The van der Waals surface area contributed by atoms with E-state index in [-0.39, 0.29) is 12.4 Å². The average molecular weight is 298 g/mol. The molecule has 19 heavy (non-hydrogen) atoms. The van der Waals surface area contributed by atoms with Crippen molar-refractivity contribution >= 4 is 41.0 Å². The number of aromatic nitrogens is 4. The Balaban J connectivity index is 0.00000133. The summed E-state index contributed by atoms with van der Waals surface area (Å²) in [4.78, 5) is 4.38. The first kappa shape index (κ1) is 13.7. The van der Waals surface area contributed by atoms with Crippen LogP contribution in [-0.2, 0) is 14.1 Å². The summed E-state index contributed by atoms with van der Waals surface area (Å²) in [5.41, 5.74) is 9.47. The van der Waals surface area contributed by atoms with Crippen LogP contribution in [0.3, 0.4) is 0 Å². The summed E-state index contributed by atoms with van der Waals surface area (Å²) in [5, 5.41) is 4.81.